The van der Waals surface area contributed by atoms with E-state index in [0.29, 0.717) is 5.02 Å². The third-order valence-electron chi connectivity index (χ3n) is 3.64. The first-order valence-corrected chi connectivity index (χ1v) is 7.34. The van der Waals surface area contributed by atoms with Crippen molar-refractivity contribution >= 4 is 22.5 Å². The fourth-order valence-electron chi connectivity index (χ4n) is 2.55. The highest BCUT2D eigenvalue weighted by molar-refractivity contribution is 6.35. The largest absolute Gasteiger partial charge is 0.262 e. The van der Waals surface area contributed by atoms with Gasteiger partial charge in [-0.05, 0) is 23.8 Å². The van der Waals surface area contributed by atoms with E-state index in [1.807, 2.05) is 47.3 Å². The van der Waals surface area contributed by atoms with Gasteiger partial charge in [-0.15, -0.1) is 0 Å². The normalized spacial score (nSPS) is 11.0. The van der Waals surface area contributed by atoms with Gasteiger partial charge in [-0.3, -0.25) is 4.98 Å². The summed E-state index contributed by atoms with van der Waals surface area (Å²) in [6.07, 6.45) is 5.45. The molecule has 106 valence electrons. The van der Waals surface area contributed by atoms with E-state index >= 15 is 0 Å². The summed E-state index contributed by atoms with van der Waals surface area (Å²) in [4.78, 5) is 4.35. The van der Waals surface area contributed by atoms with Crippen molar-refractivity contribution in [3.63, 3.8) is 0 Å². The van der Waals surface area contributed by atoms with Crippen molar-refractivity contribution in [2.45, 2.75) is 0 Å². The number of fused-ring (bicyclic) bond motifs is 1. The van der Waals surface area contributed by atoms with Gasteiger partial charge in [0.05, 0.1) is 28.6 Å². The zero-order valence-electron chi connectivity index (χ0n) is 11.6. The first kappa shape index (κ1) is 13.0. The number of hydrogen-bond acceptors (Lipinski definition) is 2. The lowest BCUT2D eigenvalue weighted by Gasteiger charge is -2.06. The van der Waals surface area contributed by atoms with Crippen molar-refractivity contribution in [2.24, 2.45) is 0 Å². The molecule has 0 N–H and O–H groups in total. The molecule has 0 saturated heterocycles. The van der Waals surface area contributed by atoms with Crippen LogP contribution in [0.25, 0.3) is 27.7 Å². The van der Waals surface area contributed by atoms with Crippen LogP contribution in [0, 0.1) is 0 Å². The van der Waals surface area contributed by atoms with Crippen LogP contribution in [-0.2, 0) is 0 Å². The summed E-state index contributed by atoms with van der Waals surface area (Å²) in [6.45, 7) is 0. The van der Waals surface area contributed by atoms with E-state index in [2.05, 4.69) is 28.3 Å². The van der Waals surface area contributed by atoms with Crippen LogP contribution in [0.3, 0.4) is 0 Å². The number of aromatic nitrogens is 3. The third-order valence-corrected chi connectivity index (χ3v) is 3.97. The number of hydrogen-bond donors (Lipinski definition) is 0. The van der Waals surface area contributed by atoms with E-state index in [-0.39, 0.29) is 0 Å². The summed E-state index contributed by atoms with van der Waals surface area (Å²) in [7, 11) is 0. The minimum atomic E-state index is 0.705. The van der Waals surface area contributed by atoms with Gasteiger partial charge in [-0.2, -0.15) is 5.10 Å². The highest BCUT2D eigenvalue weighted by Gasteiger charge is 2.08. The van der Waals surface area contributed by atoms with Crippen molar-refractivity contribution in [3.8, 4) is 16.8 Å². The standard InChI is InChI=1S/C18H12ClN3/c19-17-7-4-8-18-16(17)12-21-22(18)15-9-14(10-20-11-15)13-5-2-1-3-6-13/h1-12H. The zero-order valence-corrected chi connectivity index (χ0v) is 12.4. The molecule has 0 fully saturated rings. The van der Waals surface area contributed by atoms with Crippen LogP contribution in [0.2, 0.25) is 5.02 Å². The first-order valence-electron chi connectivity index (χ1n) is 6.96. The topological polar surface area (TPSA) is 30.7 Å². The predicted molar refractivity (Wildman–Crippen MR) is 89.3 cm³/mol. The first-order chi connectivity index (χ1) is 10.8. The third kappa shape index (κ3) is 2.16. The lowest BCUT2D eigenvalue weighted by molar-refractivity contribution is 0.904. The molecule has 0 amide bonds. The Balaban J connectivity index is 1.88. The molecule has 2 aromatic carbocycles. The van der Waals surface area contributed by atoms with Gasteiger partial charge in [0.25, 0.3) is 0 Å². The molecular formula is C18H12ClN3. The minimum Gasteiger partial charge on any atom is -0.262 e. The average Bonchev–Trinajstić information content (AvgIpc) is 3.01. The molecule has 0 atom stereocenters. The second-order valence-corrected chi connectivity index (χ2v) is 5.43. The maximum Gasteiger partial charge on any atom is 0.0842 e. The Hall–Kier alpha value is -2.65. The predicted octanol–water partition coefficient (Wildman–Crippen LogP) is 4.74. The number of pyridine rings is 1. The monoisotopic (exact) mass is 305 g/mol. The summed E-state index contributed by atoms with van der Waals surface area (Å²) in [5.41, 5.74) is 4.08. The molecule has 0 radical (unpaired) electrons. The van der Waals surface area contributed by atoms with E-state index in [4.69, 9.17) is 11.6 Å². The Morgan fingerprint density at radius 2 is 1.68 bits per heavy atom. The Morgan fingerprint density at radius 1 is 0.818 bits per heavy atom. The molecular weight excluding hydrogens is 294 g/mol. The van der Waals surface area contributed by atoms with Crippen LogP contribution >= 0.6 is 11.6 Å². The highest BCUT2D eigenvalue weighted by Crippen LogP contribution is 2.26. The molecule has 4 rings (SSSR count). The molecule has 0 unspecified atom stereocenters. The lowest BCUT2D eigenvalue weighted by atomic mass is 10.1. The second-order valence-electron chi connectivity index (χ2n) is 5.03. The quantitative estimate of drug-likeness (QED) is 0.535. The number of halogens is 1. The molecule has 0 aliphatic carbocycles. The van der Waals surface area contributed by atoms with Crippen molar-refractivity contribution in [3.05, 3.63) is 78.2 Å². The van der Waals surface area contributed by atoms with Crippen LogP contribution in [0.1, 0.15) is 0 Å². The Bertz CT molecular complexity index is 945. The molecule has 0 bridgehead atoms. The number of nitrogens with zero attached hydrogens (tertiary/aromatic N) is 3. The van der Waals surface area contributed by atoms with E-state index in [9.17, 15) is 0 Å². The second kappa shape index (κ2) is 5.28. The summed E-state index contributed by atoms with van der Waals surface area (Å²) < 4.78 is 1.86. The van der Waals surface area contributed by atoms with Gasteiger partial charge in [-0.25, -0.2) is 4.68 Å². The van der Waals surface area contributed by atoms with Gasteiger partial charge in [0.2, 0.25) is 0 Å². The maximum atomic E-state index is 6.22. The van der Waals surface area contributed by atoms with Crippen LogP contribution in [0.4, 0.5) is 0 Å². The van der Waals surface area contributed by atoms with Crippen molar-refractivity contribution in [2.75, 3.05) is 0 Å². The Morgan fingerprint density at radius 3 is 2.55 bits per heavy atom. The van der Waals surface area contributed by atoms with Crippen LogP contribution in [0.15, 0.2) is 73.2 Å². The van der Waals surface area contributed by atoms with Crippen molar-refractivity contribution < 1.29 is 0 Å². The highest BCUT2D eigenvalue weighted by atomic mass is 35.5. The molecule has 3 nitrogen and oxygen atoms in total. The average molecular weight is 306 g/mol. The van der Waals surface area contributed by atoms with Crippen molar-refractivity contribution in [1.29, 1.82) is 0 Å². The van der Waals surface area contributed by atoms with Gasteiger partial charge < -0.3 is 0 Å². The smallest absolute Gasteiger partial charge is 0.0842 e. The fraction of sp³-hybridized carbons (Fsp3) is 0. The molecule has 4 aromatic rings. The van der Waals surface area contributed by atoms with Crippen LogP contribution in [0.5, 0.6) is 0 Å². The zero-order chi connectivity index (χ0) is 14.9. The van der Waals surface area contributed by atoms with E-state index in [0.717, 1.165) is 27.7 Å². The van der Waals surface area contributed by atoms with Crippen LogP contribution in [-0.4, -0.2) is 14.8 Å². The Labute approximate surface area is 132 Å². The van der Waals surface area contributed by atoms with Crippen LogP contribution < -0.4 is 0 Å². The van der Waals surface area contributed by atoms with E-state index in [1.165, 1.54) is 0 Å². The van der Waals surface area contributed by atoms with Crippen molar-refractivity contribution in [1.82, 2.24) is 14.8 Å². The molecule has 0 spiro atoms. The molecule has 0 aliphatic rings. The number of rotatable bonds is 2. The molecule has 0 saturated carbocycles. The fourth-order valence-corrected chi connectivity index (χ4v) is 2.77. The van der Waals surface area contributed by atoms with Gasteiger partial charge in [0.1, 0.15) is 0 Å². The van der Waals surface area contributed by atoms with Gasteiger partial charge in [0, 0.05) is 17.1 Å². The molecule has 2 heterocycles. The maximum absolute atomic E-state index is 6.22. The molecule has 4 heteroatoms. The van der Waals surface area contributed by atoms with Gasteiger partial charge in [-0.1, -0.05) is 48.0 Å². The molecule has 0 aliphatic heterocycles. The van der Waals surface area contributed by atoms with E-state index < -0.39 is 0 Å². The summed E-state index contributed by atoms with van der Waals surface area (Å²) in [5, 5.41) is 6.10. The van der Waals surface area contributed by atoms with Gasteiger partial charge >= 0.3 is 0 Å². The summed E-state index contributed by atoms with van der Waals surface area (Å²) >= 11 is 6.22. The lowest BCUT2D eigenvalue weighted by Crippen LogP contribution is -1.97. The van der Waals surface area contributed by atoms with E-state index in [1.54, 1.807) is 12.4 Å². The minimum absolute atomic E-state index is 0.705. The Kier molecular flexibility index (Phi) is 3.13. The molecule has 2 aromatic heterocycles. The summed E-state index contributed by atoms with van der Waals surface area (Å²) in [6, 6.07) is 18.1. The number of benzene rings is 2. The summed E-state index contributed by atoms with van der Waals surface area (Å²) in [5.74, 6) is 0. The van der Waals surface area contributed by atoms with Gasteiger partial charge in [0.15, 0.2) is 0 Å². The molecule has 22 heavy (non-hydrogen) atoms. The SMILES string of the molecule is Clc1cccc2c1cnn2-c1cncc(-c2ccccc2)c1.